The summed E-state index contributed by atoms with van der Waals surface area (Å²) in [6.45, 7) is 2.00. The van der Waals surface area contributed by atoms with Crippen molar-refractivity contribution in [1.82, 2.24) is 4.98 Å². The van der Waals surface area contributed by atoms with E-state index in [4.69, 9.17) is 9.47 Å². The van der Waals surface area contributed by atoms with Crippen LogP contribution >= 0.6 is 0 Å². The van der Waals surface area contributed by atoms with E-state index in [-0.39, 0.29) is 5.75 Å². The minimum absolute atomic E-state index is 0.0372. The van der Waals surface area contributed by atoms with Crippen molar-refractivity contribution in [1.29, 1.82) is 0 Å². The second-order valence-corrected chi connectivity index (χ2v) is 7.33. The molecule has 145 valence electrons. The van der Waals surface area contributed by atoms with Crippen molar-refractivity contribution in [3.05, 3.63) is 54.2 Å². The maximum absolute atomic E-state index is 12.1. The molecule has 1 radical (unpaired) electrons. The highest BCUT2D eigenvalue weighted by Crippen LogP contribution is 2.32. The summed E-state index contributed by atoms with van der Waals surface area (Å²) in [6.07, 6.45) is 4.87. The average Bonchev–Trinajstić information content (AvgIpc) is 2.74. The molecule has 1 aromatic heterocycles. The summed E-state index contributed by atoms with van der Waals surface area (Å²) < 4.78 is 10.7. The summed E-state index contributed by atoms with van der Waals surface area (Å²) >= 11 is 0. The number of rotatable bonds is 5. The predicted molar refractivity (Wildman–Crippen MR) is 110 cm³/mol. The monoisotopic (exact) mass is 377 g/mol. The molecular weight excluding hydrogens is 352 g/mol. The lowest BCUT2D eigenvalue weighted by Crippen LogP contribution is -2.34. The Kier molecular flexibility index (Phi) is 5.24. The fourth-order valence-electron chi connectivity index (χ4n) is 4.04. The number of nitrogens with zero attached hydrogens (tertiary/aromatic N) is 2. The number of aromatic nitrogens is 1. The summed E-state index contributed by atoms with van der Waals surface area (Å²) in [5.74, 6) is 2.24. The molecule has 0 atom stereocenters. The number of benzene rings is 2. The first-order valence-corrected chi connectivity index (χ1v) is 9.69. The highest BCUT2D eigenvalue weighted by Gasteiger charge is 2.21. The molecule has 3 aromatic rings. The van der Waals surface area contributed by atoms with Crippen molar-refractivity contribution in [2.75, 3.05) is 32.2 Å². The molecule has 0 amide bonds. The van der Waals surface area contributed by atoms with Gasteiger partial charge in [0.15, 0.2) is 17.2 Å². The molecule has 2 aromatic carbocycles. The third kappa shape index (κ3) is 3.70. The van der Waals surface area contributed by atoms with E-state index in [9.17, 15) is 5.11 Å². The Morgan fingerprint density at radius 1 is 1.00 bits per heavy atom. The average molecular weight is 377 g/mol. The molecule has 1 aliphatic heterocycles. The normalized spacial score (nSPS) is 15.0. The SMILES string of the molecule is COc1ccc(CC2CCN(c3ccc4nccc([O])c4c3)CC2)cc1OC. The Morgan fingerprint density at radius 2 is 1.79 bits per heavy atom. The van der Waals surface area contributed by atoms with Gasteiger partial charge in [-0.2, -0.15) is 0 Å². The van der Waals surface area contributed by atoms with Crippen molar-refractivity contribution in [3.8, 4) is 17.2 Å². The van der Waals surface area contributed by atoms with Crippen molar-refractivity contribution >= 4 is 16.6 Å². The first kappa shape index (κ1) is 18.4. The quantitative estimate of drug-likeness (QED) is 0.637. The number of methoxy groups -OCH3 is 2. The number of anilines is 1. The first-order valence-electron chi connectivity index (χ1n) is 9.69. The van der Waals surface area contributed by atoms with Crippen LogP contribution < -0.4 is 14.4 Å². The lowest BCUT2D eigenvalue weighted by Gasteiger charge is -2.34. The van der Waals surface area contributed by atoms with Gasteiger partial charge in [0.05, 0.1) is 19.7 Å². The molecule has 0 spiro atoms. The van der Waals surface area contributed by atoms with Crippen molar-refractivity contribution in [2.24, 2.45) is 5.92 Å². The molecule has 5 heteroatoms. The summed E-state index contributed by atoms with van der Waals surface area (Å²) in [6, 6.07) is 13.7. The van der Waals surface area contributed by atoms with E-state index in [0.29, 0.717) is 11.3 Å². The Labute approximate surface area is 165 Å². The fraction of sp³-hybridized carbons (Fsp3) is 0.348. The van der Waals surface area contributed by atoms with Crippen LogP contribution in [-0.2, 0) is 11.5 Å². The van der Waals surface area contributed by atoms with Crippen LogP contribution in [0, 0.1) is 5.92 Å². The molecule has 0 bridgehead atoms. The molecule has 1 aliphatic rings. The number of hydrogen-bond acceptors (Lipinski definition) is 4. The summed E-state index contributed by atoms with van der Waals surface area (Å²) in [4.78, 5) is 6.65. The van der Waals surface area contributed by atoms with E-state index in [1.165, 1.54) is 11.6 Å². The zero-order valence-corrected chi connectivity index (χ0v) is 16.4. The van der Waals surface area contributed by atoms with Gasteiger partial charge in [-0.15, -0.1) is 0 Å². The molecular formula is C23H25N2O3. The van der Waals surface area contributed by atoms with Gasteiger partial charge in [-0.25, -0.2) is 0 Å². The van der Waals surface area contributed by atoms with Crippen LogP contribution in [0.2, 0.25) is 0 Å². The van der Waals surface area contributed by atoms with Gasteiger partial charge in [-0.1, -0.05) is 6.07 Å². The van der Waals surface area contributed by atoms with Crippen molar-refractivity contribution in [3.63, 3.8) is 0 Å². The second kappa shape index (κ2) is 7.97. The summed E-state index contributed by atoms with van der Waals surface area (Å²) in [5.41, 5.74) is 3.16. The second-order valence-electron chi connectivity index (χ2n) is 7.33. The van der Waals surface area contributed by atoms with E-state index < -0.39 is 0 Å². The Hall–Kier alpha value is -2.95. The molecule has 1 fully saturated rings. The van der Waals surface area contributed by atoms with E-state index >= 15 is 0 Å². The van der Waals surface area contributed by atoms with E-state index in [1.807, 2.05) is 18.2 Å². The van der Waals surface area contributed by atoms with E-state index in [2.05, 4.69) is 28.1 Å². The standard InChI is InChI=1S/C23H25N2O3/c1-27-22-6-3-17(14-23(22)28-2)13-16-8-11-25(12-9-16)18-4-5-20-19(15-18)21(26)7-10-24-20/h3-7,10,14-16H,8-9,11-13H2,1-2H3. The summed E-state index contributed by atoms with van der Waals surface area (Å²) in [5, 5.41) is 12.8. The highest BCUT2D eigenvalue weighted by molar-refractivity contribution is 5.87. The van der Waals surface area contributed by atoms with Crippen LogP contribution in [0.25, 0.3) is 10.9 Å². The lowest BCUT2D eigenvalue weighted by molar-refractivity contribution is 0.353. The molecule has 0 aliphatic carbocycles. The molecule has 28 heavy (non-hydrogen) atoms. The highest BCUT2D eigenvalue weighted by atomic mass is 16.5. The van der Waals surface area contributed by atoms with E-state index in [1.54, 1.807) is 20.4 Å². The summed E-state index contributed by atoms with van der Waals surface area (Å²) in [7, 11) is 3.33. The van der Waals surface area contributed by atoms with Gasteiger partial charge < -0.3 is 14.4 Å². The number of hydrogen-bond donors (Lipinski definition) is 0. The van der Waals surface area contributed by atoms with Crippen LogP contribution in [0.5, 0.6) is 17.2 Å². The van der Waals surface area contributed by atoms with Crippen molar-refractivity contribution in [2.45, 2.75) is 19.3 Å². The topological polar surface area (TPSA) is 54.5 Å². The zero-order chi connectivity index (χ0) is 19.5. The Morgan fingerprint density at radius 3 is 2.54 bits per heavy atom. The molecule has 1 saturated heterocycles. The largest absolute Gasteiger partial charge is 0.493 e. The van der Waals surface area contributed by atoms with Gasteiger partial charge in [-0.05, 0) is 61.1 Å². The van der Waals surface area contributed by atoms with Gasteiger partial charge >= 0.3 is 0 Å². The third-order valence-corrected chi connectivity index (χ3v) is 5.64. The minimum atomic E-state index is 0.0372. The smallest absolute Gasteiger partial charge is 0.189 e. The van der Waals surface area contributed by atoms with Crippen LogP contribution in [0.4, 0.5) is 5.69 Å². The van der Waals surface area contributed by atoms with Gasteiger partial charge in [0.25, 0.3) is 0 Å². The van der Waals surface area contributed by atoms with Gasteiger partial charge in [-0.3, -0.25) is 10.1 Å². The molecule has 4 rings (SSSR count). The molecule has 0 unspecified atom stereocenters. The van der Waals surface area contributed by atoms with Crippen LogP contribution in [0.3, 0.4) is 0 Å². The third-order valence-electron chi connectivity index (χ3n) is 5.64. The number of fused-ring (bicyclic) bond motifs is 1. The molecule has 0 saturated carbocycles. The fourth-order valence-corrected chi connectivity index (χ4v) is 4.04. The minimum Gasteiger partial charge on any atom is -0.493 e. The van der Waals surface area contributed by atoms with E-state index in [0.717, 1.165) is 55.1 Å². The number of pyridine rings is 1. The molecule has 0 N–H and O–H groups in total. The number of ether oxygens (including phenoxy) is 2. The van der Waals surface area contributed by atoms with Crippen LogP contribution in [-0.4, -0.2) is 32.3 Å². The predicted octanol–water partition coefficient (Wildman–Crippen LogP) is 4.85. The lowest BCUT2D eigenvalue weighted by atomic mass is 9.90. The van der Waals surface area contributed by atoms with Gasteiger partial charge in [0.1, 0.15) is 0 Å². The van der Waals surface area contributed by atoms with Crippen LogP contribution in [0.1, 0.15) is 18.4 Å². The maximum Gasteiger partial charge on any atom is 0.189 e. The Bertz CT molecular complexity index is 965. The molecule has 2 heterocycles. The first-order chi connectivity index (χ1) is 13.7. The number of piperidine rings is 1. The Balaban J connectivity index is 1.41. The molecule has 5 nitrogen and oxygen atoms in total. The van der Waals surface area contributed by atoms with Gasteiger partial charge in [0.2, 0.25) is 0 Å². The van der Waals surface area contributed by atoms with Crippen molar-refractivity contribution < 1.29 is 14.6 Å². The van der Waals surface area contributed by atoms with Gasteiger partial charge in [0, 0.05) is 36.4 Å². The zero-order valence-electron chi connectivity index (χ0n) is 16.4. The van der Waals surface area contributed by atoms with Crippen LogP contribution in [0.15, 0.2) is 48.7 Å². The maximum atomic E-state index is 12.1.